The van der Waals surface area contributed by atoms with Gasteiger partial charge in [-0.15, -0.1) is 0 Å². The van der Waals surface area contributed by atoms with Gasteiger partial charge in [0.2, 0.25) is 0 Å². The van der Waals surface area contributed by atoms with E-state index in [2.05, 4.69) is 0 Å². The molecule has 2 N–H and O–H groups in total. The van der Waals surface area contributed by atoms with Crippen molar-refractivity contribution in [3.63, 3.8) is 0 Å². The van der Waals surface area contributed by atoms with Crippen LogP contribution in [0.1, 0.15) is 34.5 Å². The Kier molecular flexibility index (Phi) is 6.74. The number of β-amino-alcohol motifs (C(OH)–C–C–N with tert-alkyl or cyclic N) is 2. The van der Waals surface area contributed by atoms with Gasteiger partial charge in [-0.05, 0) is 31.2 Å². The smallest absolute Gasteiger partial charge is 0.159 e. The van der Waals surface area contributed by atoms with Gasteiger partial charge in [0.15, 0.2) is 5.78 Å². The summed E-state index contributed by atoms with van der Waals surface area (Å²) in [6.45, 7) is 2.78. The van der Waals surface area contributed by atoms with Crippen LogP contribution in [0, 0.1) is 0 Å². The summed E-state index contributed by atoms with van der Waals surface area (Å²) in [7, 11) is 3.16. The van der Waals surface area contributed by atoms with Crippen LogP contribution in [-0.4, -0.2) is 60.9 Å². The quantitative estimate of drug-likeness (QED) is 0.656. The molecule has 2 aromatic rings. The van der Waals surface area contributed by atoms with Crippen LogP contribution in [-0.2, 0) is 6.54 Å². The van der Waals surface area contributed by atoms with Gasteiger partial charge in [0.1, 0.15) is 30.0 Å². The van der Waals surface area contributed by atoms with E-state index in [1.54, 1.807) is 44.6 Å². The molecule has 7 nitrogen and oxygen atoms in total. The average molecular weight is 401 g/mol. The van der Waals surface area contributed by atoms with Crippen LogP contribution >= 0.6 is 0 Å². The summed E-state index contributed by atoms with van der Waals surface area (Å²) >= 11 is 0. The maximum atomic E-state index is 11.5. The van der Waals surface area contributed by atoms with E-state index < -0.39 is 12.2 Å². The highest BCUT2D eigenvalue weighted by atomic mass is 16.5. The Bertz CT molecular complexity index is 868. The minimum atomic E-state index is -0.763. The summed E-state index contributed by atoms with van der Waals surface area (Å²) in [6, 6.07) is 10.5. The van der Waals surface area contributed by atoms with Crippen LogP contribution in [0.15, 0.2) is 36.4 Å². The van der Waals surface area contributed by atoms with Crippen molar-refractivity contribution in [3.8, 4) is 17.2 Å². The van der Waals surface area contributed by atoms with Crippen LogP contribution in [0.25, 0.3) is 0 Å². The number of aliphatic hydroxyl groups excluding tert-OH is 2. The number of fused-ring (bicyclic) bond motifs is 1. The van der Waals surface area contributed by atoms with Crippen LogP contribution in [0.2, 0.25) is 0 Å². The molecule has 0 fully saturated rings. The molecule has 0 saturated carbocycles. The number of aliphatic hydroxyl groups is 2. The predicted octanol–water partition coefficient (Wildman–Crippen LogP) is 2.20. The van der Waals surface area contributed by atoms with Crippen LogP contribution in [0.4, 0.5) is 0 Å². The lowest BCUT2D eigenvalue weighted by Gasteiger charge is -2.34. The molecule has 3 rings (SSSR count). The molecule has 156 valence electrons. The van der Waals surface area contributed by atoms with Crippen molar-refractivity contribution in [1.82, 2.24) is 4.90 Å². The van der Waals surface area contributed by atoms with Crippen molar-refractivity contribution in [1.29, 1.82) is 0 Å². The van der Waals surface area contributed by atoms with Crippen molar-refractivity contribution >= 4 is 5.78 Å². The van der Waals surface area contributed by atoms with Crippen molar-refractivity contribution in [2.45, 2.75) is 25.7 Å². The maximum absolute atomic E-state index is 11.5. The first-order valence-electron chi connectivity index (χ1n) is 9.49. The Hall–Kier alpha value is -2.61. The lowest BCUT2D eigenvalue weighted by atomic mass is 9.95. The molecule has 2 atom stereocenters. The number of Topliss-reactive ketones (excluding diaryl/α,β-unsaturated/α-hetero) is 1. The SMILES string of the molecule is COc1ccc(OC)c2c1CN(C[C@@H](O)COc1cccc(C(C)=O)c1)C[C@H]2O. The lowest BCUT2D eigenvalue weighted by molar-refractivity contribution is 0.0322. The van der Waals surface area contributed by atoms with Gasteiger partial charge in [-0.2, -0.15) is 0 Å². The number of ketones is 1. The Labute approximate surface area is 170 Å². The number of carbonyl (C=O) groups is 1. The molecule has 7 heteroatoms. The fraction of sp³-hybridized carbons (Fsp3) is 0.409. The lowest BCUT2D eigenvalue weighted by Crippen LogP contribution is -2.40. The summed E-state index contributed by atoms with van der Waals surface area (Å²) in [5.41, 5.74) is 2.15. The number of rotatable bonds is 8. The number of methoxy groups -OCH3 is 2. The number of carbonyl (C=O) groups excluding carboxylic acids is 1. The molecule has 0 amide bonds. The summed E-state index contributed by atoms with van der Waals surface area (Å²) in [4.78, 5) is 13.4. The molecule has 0 bridgehead atoms. The molecule has 0 saturated heterocycles. The van der Waals surface area contributed by atoms with E-state index in [0.717, 1.165) is 11.1 Å². The van der Waals surface area contributed by atoms with Gasteiger partial charge >= 0.3 is 0 Å². The highest BCUT2D eigenvalue weighted by Crippen LogP contribution is 2.39. The molecular weight excluding hydrogens is 374 g/mol. The summed E-state index contributed by atoms with van der Waals surface area (Å²) in [5.74, 6) is 1.80. The molecule has 0 radical (unpaired) electrons. The second-order valence-corrected chi connectivity index (χ2v) is 7.12. The van der Waals surface area contributed by atoms with Crippen molar-refractivity contribution < 1.29 is 29.2 Å². The zero-order chi connectivity index (χ0) is 21.0. The highest BCUT2D eigenvalue weighted by molar-refractivity contribution is 5.94. The van der Waals surface area contributed by atoms with Gasteiger partial charge < -0.3 is 24.4 Å². The van der Waals surface area contributed by atoms with Crippen LogP contribution in [0.5, 0.6) is 17.2 Å². The highest BCUT2D eigenvalue weighted by Gasteiger charge is 2.30. The molecule has 1 heterocycles. The predicted molar refractivity (Wildman–Crippen MR) is 108 cm³/mol. The number of hydrogen-bond donors (Lipinski definition) is 2. The largest absolute Gasteiger partial charge is 0.496 e. The van der Waals surface area contributed by atoms with E-state index in [-0.39, 0.29) is 12.4 Å². The van der Waals surface area contributed by atoms with Crippen molar-refractivity contribution in [2.24, 2.45) is 0 Å². The van der Waals surface area contributed by atoms with Crippen LogP contribution in [0.3, 0.4) is 0 Å². The van der Waals surface area contributed by atoms with E-state index in [1.165, 1.54) is 6.92 Å². The minimum absolute atomic E-state index is 0.0404. The van der Waals surface area contributed by atoms with E-state index in [4.69, 9.17) is 14.2 Å². The van der Waals surface area contributed by atoms with E-state index in [1.807, 2.05) is 11.0 Å². The van der Waals surface area contributed by atoms with E-state index in [0.29, 0.717) is 42.4 Å². The third-order valence-corrected chi connectivity index (χ3v) is 5.01. The fourth-order valence-electron chi connectivity index (χ4n) is 3.63. The number of hydrogen-bond acceptors (Lipinski definition) is 7. The monoisotopic (exact) mass is 401 g/mol. The standard InChI is InChI=1S/C22H27NO6/c1-14(24)15-5-4-6-17(9-15)29-13-16(25)10-23-11-18-20(27-2)7-8-21(28-3)22(18)19(26)12-23/h4-9,16,19,25-26H,10-13H2,1-3H3/t16-,19-/m1/s1. The topological polar surface area (TPSA) is 88.5 Å². The zero-order valence-corrected chi connectivity index (χ0v) is 16.9. The summed E-state index contributed by atoms with van der Waals surface area (Å²) in [6.07, 6.45) is -1.51. The molecule has 0 aliphatic carbocycles. The third kappa shape index (κ3) is 4.87. The Balaban J connectivity index is 1.64. The van der Waals surface area contributed by atoms with Crippen molar-refractivity contribution in [2.75, 3.05) is 33.9 Å². The first kappa shape index (κ1) is 21.1. The molecule has 0 unspecified atom stereocenters. The fourth-order valence-corrected chi connectivity index (χ4v) is 3.63. The van der Waals surface area contributed by atoms with Gasteiger partial charge in [-0.3, -0.25) is 9.69 Å². The number of ether oxygens (including phenoxy) is 3. The Morgan fingerprint density at radius 2 is 1.93 bits per heavy atom. The molecule has 1 aliphatic rings. The molecule has 0 aromatic heterocycles. The summed E-state index contributed by atoms with van der Waals surface area (Å²) < 4.78 is 16.5. The van der Waals surface area contributed by atoms with Gasteiger partial charge in [0.25, 0.3) is 0 Å². The van der Waals surface area contributed by atoms with Gasteiger partial charge in [-0.25, -0.2) is 0 Å². The molecule has 2 aromatic carbocycles. The van der Waals surface area contributed by atoms with Crippen LogP contribution < -0.4 is 14.2 Å². The van der Waals surface area contributed by atoms with E-state index >= 15 is 0 Å². The van der Waals surface area contributed by atoms with Gasteiger partial charge in [0, 0.05) is 36.3 Å². The maximum Gasteiger partial charge on any atom is 0.159 e. The number of nitrogens with zero attached hydrogens (tertiary/aromatic N) is 1. The first-order valence-corrected chi connectivity index (χ1v) is 9.49. The first-order chi connectivity index (χ1) is 13.9. The van der Waals surface area contributed by atoms with E-state index in [9.17, 15) is 15.0 Å². The van der Waals surface area contributed by atoms with Gasteiger partial charge in [-0.1, -0.05) is 12.1 Å². The normalized spacial score (nSPS) is 17.3. The summed E-state index contributed by atoms with van der Waals surface area (Å²) in [5, 5.41) is 21.1. The minimum Gasteiger partial charge on any atom is -0.496 e. The zero-order valence-electron chi connectivity index (χ0n) is 16.9. The Morgan fingerprint density at radius 3 is 2.62 bits per heavy atom. The number of benzene rings is 2. The second-order valence-electron chi connectivity index (χ2n) is 7.12. The molecule has 0 spiro atoms. The van der Waals surface area contributed by atoms with Gasteiger partial charge in [0.05, 0.1) is 20.3 Å². The Morgan fingerprint density at radius 1 is 1.21 bits per heavy atom. The molecule has 29 heavy (non-hydrogen) atoms. The second kappa shape index (κ2) is 9.26. The average Bonchev–Trinajstić information content (AvgIpc) is 2.71. The van der Waals surface area contributed by atoms with Crippen molar-refractivity contribution in [3.05, 3.63) is 53.1 Å². The third-order valence-electron chi connectivity index (χ3n) is 5.01. The molecular formula is C22H27NO6. The molecule has 1 aliphatic heterocycles.